The lowest BCUT2D eigenvalue weighted by Gasteiger charge is -2.32. The number of nitrogens with zero attached hydrogens (tertiary/aromatic N) is 1. The van der Waals surface area contributed by atoms with E-state index in [1.807, 2.05) is 58.0 Å². The molecule has 1 amide bonds. The van der Waals surface area contributed by atoms with Crippen LogP contribution in [0.4, 0.5) is 4.39 Å². The monoisotopic (exact) mass is 375 g/mol. The Balaban J connectivity index is 1.62. The zero-order valence-electron chi connectivity index (χ0n) is 16.4. The Hall–Kier alpha value is -1.70. The molecule has 2 aliphatic rings. The van der Waals surface area contributed by atoms with Crippen molar-refractivity contribution < 1.29 is 23.2 Å². The van der Waals surface area contributed by atoms with Gasteiger partial charge in [0, 0.05) is 13.1 Å². The van der Waals surface area contributed by atoms with E-state index in [-0.39, 0.29) is 12.5 Å². The highest BCUT2D eigenvalue weighted by Crippen LogP contribution is 2.38. The molecule has 1 aromatic carbocycles. The van der Waals surface area contributed by atoms with Gasteiger partial charge in [0.25, 0.3) is 0 Å². The van der Waals surface area contributed by atoms with E-state index in [4.69, 9.17) is 14.0 Å². The normalized spacial score (nSPS) is 25.6. The van der Waals surface area contributed by atoms with Crippen LogP contribution in [0.5, 0.6) is 0 Å². The van der Waals surface area contributed by atoms with Crippen LogP contribution in [-0.4, -0.2) is 48.4 Å². The van der Waals surface area contributed by atoms with E-state index in [1.165, 1.54) is 6.08 Å². The molecule has 146 valence electrons. The molecule has 2 aliphatic heterocycles. The average Bonchev–Trinajstić information content (AvgIpc) is 2.72. The van der Waals surface area contributed by atoms with Crippen molar-refractivity contribution in [3.05, 3.63) is 47.7 Å². The first-order valence-electron chi connectivity index (χ1n) is 9.34. The van der Waals surface area contributed by atoms with Crippen molar-refractivity contribution >= 4 is 13.0 Å². The Kier molecular flexibility index (Phi) is 5.75. The van der Waals surface area contributed by atoms with Crippen LogP contribution in [-0.2, 0) is 25.4 Å². The first kappa shape index (κ1) is 20.0. The third kappa shape index (κ3) is 4.59. The molecule has 0 N–H and O–H groups in total. The van der Waals surface area contributed by atoms with E-state index in [9.17, 15) is 9.18 Å². The lowest BCUT2D eigenvalue weighted by atomic mass is 9.87. The third-order valence-corrected chi connectivity index (χ3v) is 5.50. The first-order chi connectivity index (χ1) is 12.7. The van der Waals surface area contributed by atoms with Gasteiger partial charge in [0.2, 0.25) is 5.91 Å². The van der Waals surface area contributed by atoms with Gasteiger partial charge in [-0.3, -0.25) is 4.79 Å². The van der Waals surface area contributed by atoms with Crippen LogP contribution in [0, 0.1) is 0 Å². The molecule has 1 unspecified atom stereocenters. The van der Waals surface area contributed by atoms with E-state index < -0.39 is 30.2 Å². The molecular weight excluding hydrogens is 348 g/mol. The molecule has 0 bridgehead atoms. The zero-order chi connectivity index (χ0) is 19.7. The van der Waals surface area contributed by atoms with Crippen LogP contribution in [0.1, 0.15) is 39.7 Å². The number of hydrogen-bond donors (Lipinski definition) is 0. The lowest BCUT2D eigenvalue weighted by molar-refractivity contribution is -0.135. The van der Waals surface area contributed by atoms with E-state index in [1.54, 1.807) is 4.90 Å². The van der Waals surface area contributed by atoms with Crippen molar-refractivity contribution in [2.45, 2.75) is 58.0 Å². The summed E-state index contributed by atoms with van der Waals surface area (Å²) in [5.41, 5.74) is -0.656. The van der Waals surface area contributed by atoms with Crippen LogP contribution in [0.3, 0.4) is 0 Å². The predicted molar refractivity (Wildman–Crippen MR) is 101 cm³/mol. The average molecular weight is 375 g/mol. The number of benzene rings is 1. The van der Waals surface area contributed by atoms with E-state index in [2.05, 4.69) is 0 Å². The molecular formula is C20H27BFNO4. The van der Waals surface area contributed by atoms with Crippen molar-refractivity contribution in [1.29, 1.82) is 0 Å². The lowest BCUT2D eigenvalue weighted by Crippen LogP contribution is -2.41. The van der Waals surface area contributed by atoms with Crippen LogP contribution >= 0.6 is 0 Å². The summed E-state index contributed by atoms with van der Waals surface area (Å²) in [5, 5.41) is 0. The van der Waals surface area contributed by atoms with Gasteiger partial charge in [0.1, 0.15) is 12.3 Å². The minimum Gasteiger partial charge on any atom is -0.398 e. The van der Waals surface area contributed by atoms with Crippen LogP contribution < -0.4 is 0 Å². The number of carbonyl (C=O) groups excluding carboxylic acids is 1. The van der Waals surface area contributed by atoms with Crippen molar-refractivity contribution in [2.75, 3.05) is 13.2 Å². The molecule has 1 aromatic rings. The second kappa shape index (κ2) is 7.74. The minimum absolute atomic E-state index is 0.0648. The fourth-order valence-electron chi connectivity index (χ4n) is 3.08. The molecule has 2 fully saturated rings. The first-order valence-corrected chi connectivity index (χ1v) is 9.34. The summed E-state index contributed by atoms with van der Waals surface area (Å²) in [6, 6.07) is 9.79. The van der Waals surface area contributed by atoms with E-state index in [0.29, 0.717) is 19.5 Å². The Morgan fingerprint density at radius 3 is 2.48 bits per heavy atom. The highest BCUT2D eigenvalue weighted by atomic mass is 19.1. The molecule has 2 saturated heterocycles. The van der Waals surface area contributed by atoms with Crippen LogP contribution in [0.2, 0.25) is 0 Å². The second-order valence-corrected chi connectivity index (χ2v) is 8.08. The summed E-state index contributed by atoms with van der Waals surface area (Å²) in [7, 11) is -1.04. The Morgan fingerprint density at radius 2 is 1.85 bits per heavy atom. The van der Waals surface area contributed by atoms with Gasteiger partial charge < -0.3 is 18.9 Å². The molecule has 5 nitrogen and oxygen atoms in total. The highest BCUT2D eigenvalue weighted by molar-refractivity contribution is 6.53. The maximum absolute atomic E-state index is 14.7. The molecule has 2 heterocycles. The zero-order valence-corrected chi connectivity index (χ0v) is 16.4. The minimum atomic E-state index is -1.04. The second-order valence-electron chi connectivity index (χ2n) is 8.08. The van der Waals surface area contributed by atoms with Crippen molar-refractivity contribution in [2.24, 2.45) is 0 Å². The fourth-order valence-corrected chi connectivity index (χ4v) is 3.08. The summed E-state index contributed by atoms with van der Waals surface area (Å²) in [6.07, 6.45) is 1.40. The number of amides is 1. The number of halogens is 1. The summed E-state index contributed by atoms with van der Waals surface area (Å²) >= 11 is 0. The van der Waals surface area contributed by atoms with Gasteiger partial charge in [-0.15, -0.1) is 0 Å². The molecule has 0 aromatic heterocycles. The quantitative estimate of drug-likeness (QED) is 0.758. The molecule has 1 atom stereocenters. The van der Waals surface area contributed by atoms with Gasteiger partial charge >= 0.3 is 7.12 Å². The van der Waals surface area contributed by atoms with Gasteiger partial charge in [0.05, 0.1) is 17.3 Å². The fraction of sp³-hybridized carbons (Fsp3) is 0.550. The Bertz CT molecular complexity index is 691. The molecule has 3 rings (SSSR count). The summed E-state index contributed by atoms with van der Waals surface area (Å²) in [6.45, 7) is 8.48. The maximum Gasteiger partial charge on any atom is 0.524 e. The molecule has 27 heavy (non-hydrogen) atoms. The van der Waals surface area contributed by atoms with Gasteiger partial charge in [-0.05, 0) is 45.8 Å². The van der Waals surface area contributed by atoms with Crippen molar-refractivity contribution in [1.82, 2.24) is 4.90 Å². The number of hydrogen-bond acceptors (Lipinski definition) is 4. The topological polar surface area (TPSA) is 48.0 Å². The standard InChI is InChI=1S/C20H27BFNO4/c1-19(2)20(3,4)27-21(26-19)17(22)12-16-10-11-23(18(24)14-25-16)13-15-8-6-5-7-9-15/h5-9,12,16H,10-11,13-14H2,1-4H3. The van der Waals surface area contributed by atoms with E-state index >= 15 is 0 Å². The summed E-state index contributed by atoms with van der Waals surface area (Å²) < 4.78 is 31.7. The van der Waals surface area contributed by atoms with Gasteiger partial charge in [-0.25, -0.2) is 4.39 Å². The summed E-state index contributed by atoms with van der Waals surface area (Å²) in [4.78, 5) is 14.1. The van der Waals surface area contributed by atoms with Crippen LogP contribution in [0.15, 0.2) is 42.1 Å². The van der Waals surface area contributed by atoms with E-state index in [0.717, 1.165) is 5.56 Å². The van der Waals surface area contributed by atoms with Crippen molar-refractivity contribution in [3.63, 3.8) is 0 Å². The Morgan fingerprint density at radius 1 is 1.22 bits per heavy atom. The predicted octanol–water partition coefficient (Wildman–Crippen LogP) is 3.29. The number of ether oxygens (including phenoxy) is 1. The molecule has 0 spiro atoms. The maximum atomic E-state index is 14.7. The smallest absolute Gasteiger partial charge is 0.398 e. The SMILES string of the molecule is CC1(C)OB(C(F)=CC2CCN(Cc3ccccc3)C(=O)CO2)OC1(C)C. The number of carbonyl (C=O) groups is 1. The van der Waals surface area contributed by atoms with Gasteiger partial charge in [-0.1, -0.05) is 30.3 Å². The molecule has 0 saturated carbocycles. The van der Waals surface area contributed by atoms with Crippen LogP contribution in [0.25, 0.3) is 0 Å². The Labute approximate surface area is 160 Å². The van der Waals surface area contributed by atoms with Gasteiger partial charge in [-0.2, -0.15) is 0 Å². The largest absolute Gasteiger partial charge is 0.524 e. The third-order valence-electron chi connectivity index (χ3n) is 5.50. The van der Waals surface area contributed by atoms with Crippen molar-refractivity contribution in [3.8, 4) is 0 Å². The summed E-state index contributed by atoms with van der Waals surface area (Å²) in [5.74, 6) is -0.0919. The highest BCUT2D eigenvalue weighted by Gasteiger charge is 2.53. The number of rotatable bonds is 4. The molecule has 0 radical (unpaired) electrons. The van der Waals surface area contributed by atoms with Gasteiger partial charge in [0.15, 0.2) is 0 Å². The molecule has 7 heteroatoms. The molecule has 0 aliphatic carbocycles.